The van der Waals surface area contributed by atoms with Gasteiger partial charge in [0.05, 0.1) is 6.04 Å². The Hall–Kier alpha value is -0.900. The SMILES string of the molecule is CC(NC1CCCC(C2CC2)C1)c1ncn[nH]1. The van der Waals surface area contributed by atoms with Crippen molar-refractivity contribution in [3.05, 3.63) is 12.2 Å². The highest BCUT2D eigenvalue weighted by Gasteiger charge is 2.34. The summed E-state index contributed by atoms with van der Waals surface area (Å²) >= 11 is 0. The highest BCUT2D eigenvalue weighted by atomic mass is 15.2. The molecule has 4 nitrogen and oxygen atoms in total. The maximum atomic E-state index is 4.22. The van der Waals surface area contributed by atoms with Gasteiger partial charge >= 0.3 is 0 Å². The minimum atomic E-state index is 0.292. The molecule has 0 aliphatic heterocycles. The highest BCUT2D eigenvalue weighted by Crippen LogP contribution is 2.44. The molecule has 1 aromatic rings. The van der Waals surface area contributed by atoms with Gasteiger partial charge < -0.3 is 5.32 Å². The van der Waals surface area contributed by atoms with Crippen molar-refractivity contribution in [3.8, 4) is 0 Å². The van der Waals surface area contributed by atoms with Gasteiger partial charge in [0.1, 0.15) is 12.2 Å². The molecule has 0 spiro atoms. The molecular formula is C13H22N4. The molecule has 0 bridgehead atoms. The number of rotatable bonds is 4. The van der Waals surface area contributed by atoms with Crippen molar-refractivity contribution < 1.29 is 0 Å². The number of nitrogens with zero attached hydrogens (tertiary/aromatic N) is 2. The molecule has 94 valence electrons. The van der Waals surface area contributed by atoms with E-state index < -0.39 is 0 Å². The maximum Gasteiger partial charge on any atom is 0.141 e. The fraction of sp³-hybridized carbons (Fsp3) is 0.846. The second kappa shape index (κ2) is 4.77. The van der Waals surface area contributed by atoms with Gasteiger partial charge in [0.25, 0.3) is 0 Å². The van der Waals surface area contributed by atoms with Gasteiger partial charge in [-0.05, 0) is 44.4 Å². The first-order valence-electron chi connectivity index (χ1n) is 6.94. The van der Waals surface area contributed by atoms with E-state index >= 15 is 0 Å². The Morgan fingerprint density at radius 2 is 2.18 bits per heavy atom. The van der Waals surface area contributed by atoms with E-state index in [2.05, 4.69) is 27.4 Å². The van der Waals surface area contributed by atoms with Gasteiger partial charge in [-0.3, -0.25) is 5.10 Å². The van der Waals surface area contributed by atoms with Crippen LogP contribution in [0.2, 0.25) is 0 Å². The highest BCUT2D eigenvalue weighted by molar-refractivity contribution is 4.93. The standard InChI is InChI=1S/C13H22N4/c1-9(13-14-8-15-17-13)16-12-4-2-3-11(7-12)10-5-6-10/h8-12,16H,2-7H2,1H3,(H,14,15,17). The number of nitrogens with one attached hydrogen (secondary N) is 2. The van der Waals surface area contributed by atoms with Gasteiger partial charge in [-0.1, -0.05) is 12.8 Å². The summed E-state index contributed by atoms with van der Waals surface area (Å²) in [6, 6.07) is 0.968. The minimum absolute atomic E-state index is 0.292. The van der Waals surface area contributed by atoms with Gasteiger partial charge in [0, 0.05) is 6.04 Å². The van der Waals surface area contributed by atoms with Crippen molar-refractivity contribution in [1.29, 1.82) is 0 Å². The quantitative estimate of drug-likeness (QED) is 0.841. The Labute approximate surface area is 103 Å². The molecule has 17 heavy (non-hydrogen) atoms. The van der Waals surface area contributed by atoms with Gasteiger partial charge in [-0.2, -0.15) is 5.10 Å². The Morgan fingerprint density at radius 1 is 1.29 bits per heavy atom. The minimum Gasteiger partial charge on any atom is -0.305 e. The van der Waals surface area contributed by atoms with Crippen LogP contribution in [0.3, 0.4) is 0 Å². The third-order valence-electron chi connectivity index (χ3n) is 4.33. The number of hydrogen-bond donors (Lipinski definition) is 2. The summed E-state index contributed by atoms with van der Waals surface area (Å²) in [5.74, 6) is 3.00. The average Bonchev–Trinajstić information content (AvgIpc) is 3.04. The number of hydrogen-bond acceptors (Lipinski definition) is 3. The normalized spacial score (nSPS) is 31.4. The van der Waals surface area contributed by atoms with Crippen LogP contribution in [-0.2, 0) is 0 Å². The van der Waals surface area contributed by atoms with Crippen molar-refractivity contribution in [1.82, 2.24) is 20.5 Å². The van der Waals surface area contributed by atoms with Crippen molar-refractivity contribution in [2.45, 2.75) is 57.5 Å². The summed E-state index contributed by atoms with van der Waals surface area (Å²) in [5, 5.41) is 10.6. The zero-order chi connectivity index (χ0) is 11.7. The number of aromatic nitrogens is 3. The average molecular weight is 234 g/mol. The van der Waals surface area contributed by atoms with Crippen LogP contribution in [0.5, 0.6) is 0 Å². The second-order valence-electron chi connectivity index (χ2n) is 5.72. The molecule has 2 aliphatic rings. The topological polar surface area (TPSA) is 53.6 Å². The van der Waals surface area contributed by atoms with Crippen LogP contribution in [0.25, 0.3) is 0 Å². The Kier molecular flexibility index (Phi) is 3.14. The molecule has 3 atom stereocenters. The molecule has 0 amide bonds. The van der Waals surface area contributed by atoms with Gasteiger partial charge in [0.15, 0.2) is 0 Å². The Bertz CT molecular complexity index is 344. The molecule has 2 saturated carbocycles. The van der Waals surface area contributed by atoms with E-state index in [4.69, 9.17) is 0 Å². The molecule has 3 rings (SSSR count). The fourth-order valence-electron chi connectivity index (χ4n) is 3.23. The molecule has 4 heteroatoms. The molecular weight excluding hydrogens is 212 g/mol. The smallest absolute Gasteiger partial charge is 0.141 e. The molecule has 1 aromatic heterocycles. The predicted molar refractivity (Wildman–Crippen MR) is 66.4 cm³/mol. The lowest BCUT2D eigenvalue weighted by atomic mass is 9.82. The summed E-state index contributed by atoms with van der Waals surface area (Å²) in [5.41, 5.74) is 0. The van der Waals surface area contributed by atoms with E-state index in [0.29, 0.717) is 12.1 Å². The van der Waals surface area contributed by atoms with Crippen LogP contribution in [0.4, 0.5) is 0 Å². The van der Waals surface area contributed by atoms with Crippen LogP contribution >= 0.6 is 0 Å². The van der Waals surface area contributed by atoms with Crippen molar-refractivity contribution in [3.63, 3.8) is 0 Å². The Morgan fingerprint density at radius 3 is 2.88 bits per heavy atom. The van der Waals surface area contributed by atoms with Gasteiger partial charge in [-0.15, -0.1) is 0 Å². The lowest BCUT2D eigenvalue weighted by molar-refractivity contribution is 0.248. The first kappa shape index (κ1) is 11.2. The summed E-state index contributed by atoms with van der Waals surface area (Å²) in [4.78, 5) is 4.22. The molecule has 2 N–H and O–H groups in total. The van der Waals surface area contributed by atoms with Crippen molar-refractivity contribution in [2.75, 3.05) is 0 Å². The zero-order valence-corrected chi connectivity index (χ0v) is 10.5. The third-order valence-corrected chi connectivity index (χ3v) is 4.33. The molecule has 3 unspecified atom stereocenters. The van der Waals surface area contributed by atoms with Gasteiger partial charge in [-0.25, -0.2) is 4.98 Å². The molecule has 1 heterocycles. The first-order valence-corrected chi connectivity index (χ1v) is 6.94. The van der Waals surface area contributed by atoms with Crippen LogP contribution in [0.15, 0.2) is 6.33 Å². The summed E-state index contributed by atoms with van der Waals surface area (Å²) in [7, 11) is 0. The van der Waals surface area contributed by atoms with Crippen LogP contribution in [0, 0.1) is 11.8 Å². The predicted octanol–water partition coefficient (Wildman–Crippen LogP) is 2.42. The third kappa shape index (κ3) is 2.68. The summed E-state index contributed by atoms with van der Waals surface area (Å²) in [6.45, 7) is 2.17. The molecule has 0 saturated heterocycles. The van der Waals surface area contributed by atoms with E-state index in [0.717, 1.165) is 17.7 Å². The molecule has 0 radical (unpaired) electrons. The van der Waals surface area contributed by atoms with Crippen LogP contribution in [-0.4, -0.2) is 21.2 Å². The lowest BCUT2D eigenvalue weighted by Gasteiger charge is -2.31. The van der Waals surface area contributed by atoms with Crippen LogP contribution < -0.4 is 5.32 Å². The van der Waals surface area contributed by atoms with Gasteiger partial charge in [0.2, 0.25) is 0 Å². The Balaban J connectivity index is 1.53. The molecule has 2 fully saturated rings. The van der Waals surface area contributed by atoms with E-state index in [1.807, 2.05) is 0 Å². The van der Waals surface area contributed by atoms with Crippen LogP contribution in [0.1, 0.15) is 57.3 Å². The zero-order valence-electron chi connectivity index (χ0n) is 10.5. The molecule has 0 aromatic carbocycles. The lowest BCUT2D eigenvalue weighted by Crippen LogP contribution is -2.36. The number of aromatic amines is 1. The number of H-pyrrole nitrogens is 1. The van der Waals surface area contributed by atoms with Crippen molar-refractivity contribution >= 4 is 0 Å². The van der Waals surface area contributed by atoms with E-state index in [1.165, 1.54) is 38.5 Å². The molecule has 2 aliphatic carbocycles. The second-order valence-corrected chi connectivity index (χ2v) is 5.72. The van der Waals surface area contributed by atoms with E-state index in [-0.39, 0.29) is 0 Å². The largest absolute Gasteiger partial charge is 0.305 e. The first-order chi connectivity index (χ1) is 8.33. The summed E-state index contributed by atoms with van der Waals surface area (Å²) < 4.78 is 0. The fourth-order valence-corrected chi connectivity index (χ4v) is 3.23. The monoisotopic (exact) mass is 234 g/mol. The van der Waals surface area contributed by atoms with E-state index in [9.17, 15) is 0 Å². The van der Waals surface area contributed by atoms with Crippen molar-refractivity contribution in [2.24, 2.45) is 11.8 Å². The maximum absolute atomic E-state index is 4.22. The summed E-state index contributed by atoms with van der Waals surface area (Å²) in [6.07, 6.45) is 10.1. The van der Waals surface area contributed by atoms with E-state index in [1.54, 1.807) is 6.33 Å².